The van der Waals surface area contributed by atoms with E-state index in [2.05, 4.69) is 20.3 Å². The number of hydrogen-bond acceptors (Lipinski definition) is 5. The van der Waals surface area contributed by atoms with Crippen LogP contribution >= 0.6 is 0 Å². The van der Waals surface area contributed by atoms with Gasteiger partial charge in [0.2, 0.25) is 5.95 Å². The van der Waals surface area contributed by atoms with Crippen LogP contribution in [0, 0.1) is 5.82 Å². The van der Waals surface area contributed by atoms with Crippen LogP contribution in [0.1, 0.15) is 12.8 Å². The Kier molecular flexibility index (Phi) is 3.83. The van der Waals surface area contributed by atoms with Crippen LogP contribution in [-0.4, -0.2) is 33.6 Å². The molecule has 0 radical (unpaired) electrons. The highest BCUT2D eigenvalue weighted by Crippen LogP contribution is 2.18. The maximum absolute atomic E-state index is 13.2. The Labute approximate surface area is 120 Å². The Hall–Kier alpha value is -2.41. The third kappa shape index (κ3) is 3.19. The van der Waals surface area contributed by atoms with Gasteiger partial charge in [-0.25, -0.2) is 14.4 Å². The fourth-order valence-electron chi connectivity index (χ4n) is 2.11. The number of ether oxygens (including phenoxy) is 1. The Morgan fingerprint density at radius 1 is 1.43 bits per heavy atom. The standard InChI is InChI=1S/C14H13FN4O2/c15-10-6-9(7-16-8-10)11-3-4-17-14(18-11)19-13(20)12-2-1-5-21-12/h3-4,6-8,12H,1-2,5H2,(H,17,18,19,20)/t12-/m1/s1. The lowest BCUT2D eigenvalue weighted by Crippen LogP contribution is -2.27. The van der Waals surface area contributed by atoms with Gasteiger partial charge in [0, 0.05) is 24.6 Å². The molecule has 21 heavy (non-hydrogen) atoms. The van der Waals surface area contributed by atoms with E-state index in [4.69, 9.17) is 4.74 Å². The largest absolute Gasteiger partial charge is 0.368 e. The summed E-state index contributed by atoms with van der Waals surface area (Å²) in [5.74, 6) is -0.546. The normalized spacial score (nSPS) is 17.7. The minimum atomic E-state index is -0.451. The SMILES string of the molecule is O=C(Nc1nccc(-c2cncc(F)c2)n1)[C@H]1CCCO1. The minimum absolute atomic E-state index is 0.164. The second-order valence-electron chi connectivity index (χ2n) is 4.65. The average molecular weight is 288 g/mol. The van der Waals surface area contributed by atoms with Crippen molar-refractivity contribution in [2.75, 3.05) is 11.9 Å². The lowest BCUT2D eigenvalue weighted by molar-refractivity contribution is -0.124. The molecule has 1 aliphatic heterocycles. The second-order valence-corrected chi connectivity index (χ2v) is 4.65. The number of amides is 1. The maximum Gasteiger partial charge on any atom is 0.255 e. The lowest BCUT2D eigenvalue weighted by Gasteiger charge is -2.09. The van der Waals surface area contributed by atoms with Crippen molar-refractivity contribution in [2.45, 2.75) is 18.9 Å². The number of carbonyl (C=O) groups is 1. The fourth-order valence-corrected chi connectivity index (χ4v) is 2.11. The number of hydrogen-bond donors (Lipinski definition) is 1. The topological polar surface area (TPSA) is 77.0 Å². The summed E-state index contributed by atoms with van der Waals surface area (Å²) in [5.41, 5.74) is 1.00. The number of rotatable bonds is 3. The highest BCUT2D eigenvalue weighted by atomic mass is 19.1. The van der Waals surface area contributed by atoms with Crippen molar-refractivity contribution >= 4 is 11.9 Å². The summed E-state index contributed by atoms with van der Waals surface area (Å²) in [6, 6.07) is 2.94. The molecule has 6 nitrogen and oxygen atoms in total. The van der Waals surface area contributed by atoms with E-state index in [1.54, 1.807) is 6.07 Å². The third-order valence-electron chi connectivity index (χ3n) is 3.11. The smallest absolute Gasteiger partial charge is 0.255 e. The average Bonchev–Trinajstić information content (AvgIpc) is 3.02. The molecule has 1 aliphatic rings. The monoisotopic (exact) mass is 288 g/mol. The molecule has 1 N–H and O–H groups in total. The van der Waals surface area contributed by atoms with Gasteiger partial charge in [-0.1, -0.05) is 0 Å². The van der Waals surface area contributed by atoms with Gasteiger partial charge in [-0.2, -0.15) is 0 Å². The molecule has 2 aromatic rings. The zero-order valence-corrected chi connectivity index (χ0v) is 11.1. The number of nitrogens with one attached hydrogen (secondary N) is 1. The lowest BCUT2D eigenvalue weighted by atomic mass is 10.2. The van der Waals surface area contributed by atoms with Gasteiger partial charge >= 0.3 is 0 Å². The first-order valence-corrected chi connectivity index (χ1v) is 6.59. The zero-order valence-electron chi connectivity index (χ0n) is 11.1. The van der Waals surface area contributed by atoms with Crippen LogP contribution in [0.5, 0.6) is 0 Å². The predicted molar refractivity (Wildman–Crippen MR) is 72.8 cm³/mol. The molecule has 3 heterocycles. The van der Waals surface area contributed by atoms with Crippen molar-refractivity contribution in [1.29, 1.82) is 0 Å². The summed E-state index contributed by atoms with van der Waals surface area (Å²) in [7, 11) is 0. The first-order chi connectivity index (χ1) is 10.2. The maximum atomic E-state index is 13.2. The van der Waals surface area contributed by atoms with E-state index in [1.165, 1.54) is 18.5 Å². The summed E-state index contributed by atoms with van der Waals surface area (Å²) in [6.07, 6.45) is 5.22. The van der Waals surface area contributed by atoms with Crippen molar-refractivity contribution in [3.8, 4) is 11.3 Å². The van der Waals surface area contributed by atoms with Crippen LogP contribution in [-0.2, 0) is 9.53 Å². The van der Waals surface area contributed by atoms with Crippen molar-refractivity contribution in [3.63, 3.8) is 0 Å². The van der Waals surface area contributed by atoms with Crippen LogP contribution in [0.4, 0.5) is 10.3 Å². The third-order valence-corrected chi connectivity index (χ3v) is 3.11. The number of pyridine rings is 1. The van der Waals surface area contributed by atoms with Gasteiger partial charge in [0.05, 0.1) is 11.9 Å². The molecule has 7 heteroatoms. The highest BCUT2D eigenvalue weighted by Gasteiger charge is 2.24. The summed E-state index contributed by atoms with van der Waals surface area (Å²) in [4.78, 5) is 23.9. The van der Waals surface area contributed by atoms with E-state index in [1.807, 2.05) is 0 Å². The minimum Gasteiger partial charge on any atom is -0.368 e. The number of aromatic nitrogens is 3. The molecule has 3 rings (SSSR count). The van der Waals surface area contributed by atoms with Crippen LogP contribution in [0.15, 0.2) is 30.7 Å². The number of halogens is 1. The van der Waals surface area contributed by atoms with Crippen molar-refractivity contribution in [2.24, 2.45) is 0 Å². The second kappa shape index (κ2) is 5.92. The van der Waals surface area contributed by atoms with E-state index in [0.717, 1.165) is 12.6 Å². The molecule has 0 aromatic carbocycles. The quantitative estimate of drug-likeness (QED) is 0.931. The molecule has 0 unspecified atom stereocenters. The molecule has 0 bridgehead atoms. The van der Waals surface area contributed by atoms with E-state index < -0.39 is 11.9 Å². The molecule has 0 saturated carbocycles. The van der Waals surface area contributed by atoms with Crippen LogP contribution < -0.4 is 5.32 Å². The molecule has 108 valence electrons. The Balaban J connectivity index is 1.78. The Morgan fingerprint density at radius 3 is 3.10 bits per heavy atom. The fraction of sp³-hybridized carbons (Fsp3) is 0.286. The van der Waals surface area contributed by atoms with Crippen molar-refractivity contribution in [3.05, 3.63) is 36.5 Å². The van der Waals surface area contributed by atoms with Crippen LogP contribution in [0.3, 0.4) is 0 Å². The van der Waals surface area contributed by atoms with E-state index >= 15 is 0 Å². The molecule has 1 atom stereocenters. The number of carbonyl (C=O) groups excluding carboxylic acids is 1. The molecule has 1 amide bonds. The van der Waals surface area contributed by atoms with Crippen LogP contribution in [0.25, 0.3) is 11.3 Å². The number of nitrogens with zero attached hydrogens (tertiary/aromatic N) is 3. The van der Waals surface area contributed by atoms with Gasteiger partial charge in [-0.05, 0) is 25.0 Å². The Bertz CT molecular complexity index is 659. The molecule has 2 aromatic heterocycles. The molecule has 1 fully saturated rings. The van der Waals surface area contributed by atoms with E-state index in [-0.39, 0.29) is 11.9 Å². The summed E-state index contributed by atoms with van der Waals surface area (Å²) in [5, 5.41) is 2.61. The zero-order chi connectivity index (χ0) is 14.7. The van der Waals surface area contributed by atoms with Gasteiger partial charge < -0.3 is 4.74 Å². The first kappa shape index (κ1) is 13.6. The summed E-state index contributed by atoms with van der Waals surface area (Å²) < 4.78 is 18.5. The molecule has 0 spiro atoms. The van der Waals surface area contributed by atoms with Crippen LogP contribution in [0.2, 0.25) is 0 Å². The predicted octanol–water partition coefficient (Wildman–Crippen LogP) is 1.80. The van der Waals surface area contributed by atoms with Gasteiger partial charge in [0.15, 0.2) is 0 Å². The molecular formula is C14H13FN4O2. The Morgan fingerprint density at radius 2 is 2.33 bits per heavy atom. The molecular weight excluding hydrogens is 275 g/mol. The summed E-state index contributed by atoms with van der Waals surface area (Å²) in [6.45, 7) is 0.591. The highest BCUT2D eigenvalue weighted by molar-refractivity contribution is 5.92. The van der Waals surface area contributed by atoms with Crippen molar-refractivity contribution < 1.29 is 13.9 Å². The molecule has 0 aliphatic carbocycles. The van der Waals surface area contributed by atoms with E-state index in [9.17, 15) is 9.18 Å². The van der Waals surface area contributed by atoms with Gasteiger partial charge in [-0.3, -0.25) is 15.1 Å². The van der Waals surface area contributed by atoms with E-state index in [0.29, 0.717) is 24.3 Å². The van der Waals surface area contributed by atoms with Gasteiger partial charge in [0.1, 0.15) is 11.9 Å². The summed E-state index contributed by atoms with van der Waals surface area (Å²) >= 11 is 0. The number of anilines is 1. The molecule has 1 saturated heterocycles. The van der Waals surface area contributed by atoms with Gasteiger partial charge in [-0.15, -0.1) is 0 Å². The van der Waals surface area contributed by atoms with Crippen molar-refractivity contribution in [1.82, 2.24) is 15.0 Å². The van der Waals surface area contributed by atoms with Gasteiger partial charge in [0.25, 0.3) is 5.91 Å². The first-order valence-electron chi connectivity index (χ1n) is 6.59.